The molecule has 3 saturated carbocycles. The number of nitrogens with zero attached hydrogens (tertiary/aromatic N) is 1. The lowest BCUT2D eigenvalue weighted by molar-refractivity contribution is -0.0649. The summed E-state index contributed by atoms with van der Waals surface area (Å²) >= 11 is 0. The average Bonchev–Trinajstić information content (AvgIpc) is 2.61. The highest BCUT2D eigenvalue weighted by molar-refractivity contribution is 4.94. The van der Waals surface area contributed by atoms with E-state index in [4.69, 9.17) is 4.74 Å². The molecule has 3 rings (SSSR count). The summed E-state index contributed by atoms with van der Waals surface area (Å²) in [5.74, 6) is 2.72. The zero-order valence-corrected chi connectivity index (χ0v) is 17.8. The molecule has 0 aromatic rings. The predicted octanol–water partition coefficient (Wildman–Crippen LogP) is 6.29. The molecular weight excluding hydrogens is 306 g/mol. The van der Waals surface area contributed by atoms with Crippen LogP contribution in [0, 0.1) is 17.8 Å². The molecule has 148 valence electrons. The van der Waals surface area contributed by atoms with Crippen LogP contribution in [0.5, 0.6) is 0 Å². The van der Waals surface area contributed by atoms with E-state index in [1.807, 2.05) is 21.0 Å². The summed E-state index contributed by atoms with van der Waals surface area (Å²) in [7, 11) is 1.97. The lowest BCUT2D eigenvalue weighted by Gasteiger charge is -2.49. The highest BCUT2D eigenvalue weighted by Gasteiger charge is 2.40. The number of methoxy groups -OCH3 is 1. The molecule has 2 nitrogen and oxygen atoms in total. The number of rotatable bonds is 6. The number of hydrogen-bond donors (Lipinski definition) is 0. The van der Waals surface area contributed by atoms with E-state index in [0.717, 1.165) is 23.8 Å². The fraction of sp³-hybridized carbons (Fsp3) is 1.00. The zero-order valence-electron chi connectivity index (χ0n) is 17.8. The summed E-state index contributed by atoms with van der Waals surface area (Å²) in [6.07, 6.45) is 16.3. The van der Waals surface area contributed by atoms with Crippen molar-refractivity contribution in [1.82, 2.24) is 4.90 Å². The van der Waals surface area contributed by atoms with Crippen molar-refractivity contribution in [3.05, 3.63) is 0 Å². The molecule has 0 amide bonds. The largest absolute Gasteiger partial charge is 0.380 e. The summed E-state index contributed by atoms with van der Waals surface area (Å²) in [6.45, 7) is 10.0. The van der Waals surface area contributed by atoms with Crippen LogP contribution in [-0.2, 0) is 4.74 Å². The molecule has 0 heterocycles. The molecule has 0 saturated heterocycles. The molecule has 0 bridgehead atoms. The van der Waals surface area contributed by atoms with Gasteiger partial charge < -0.3 is 4.74 Å². The fourth-order valence-corrected chi connectivity index (χ4v) is 5.51. The minimum Gasteiger partial charge on any atom is -0.380 e. The summed E-state index contributed by atoms with van der Waals surface area (Å²) in [5, 5.41) is 0. The highest BCUT2D eigenvalue weighted by atomic mass is 16.5. The van der Waals surface area contributed by atoms with E-state index >= 15 is 0 Å². The highest BCUT2D eigenvalue weighted by Crippen LogP contribution is 2.41. The van der Waals surface area contributed by atoms with E-state index in [2.05, 4.69) is 18.7 Å². The van der Waals surface area contributed by atoms with Crippen molar-refractivity contribution in [1.29, 1.82) is 0 Å². The van der Waals surface area contributed by atoms with Gasteiger partial charge in [-0.1, -0.05) is 66.2 Å². The molecule has 2 heteroatoms. The second-order valence-electron chi connectivity index (χ2n) is 8.99. The first-order valence-corrected chi connectivity index (χ1v) is 11.5. The third-order valence-electron chi connectivity index (χ3n) is 6.96. The Kier molecular flexibility index (Phi) is 9.27. The summed E-state index contributed by atoms with van der Waals surface area (Å²) in [6, 6.07) is 1.54. The number of hydrogen-bond acceptors (Lipinski definition) is 2. The topological polar surface area (TPSA) is 12.5 Å². The molecule has 0 radical (unpaired) electrons. The molecule has 0 spiro atoms. The summed E-state index contributed by atoms with van der Waals surface area (Å²) in [5.41, 5.74) is 0. The Morgan fingerprint density at radius 3 is 2.04 bits per heavy atom. The van der Waals surface area contributed by atoms with Crippen molar-refractivity contribution in [2.45, 2.75) is 117 Å². The average molecular weight is 352 g/mol. The molecule has 3 unspecified atom stereocenters. The summed E-state index contributed by atoms with van der Waals surface area (Å²) in [4.78, 5) is 2.86. The predicted molar refractivity (Wildman–Crippen MR) is 109 cm³/mol. The monoisotopic (exact) mass is 351 g/mol. The first-order valence-electron chi connectivity index (χ1n) is 11.5. The molecule has 0 N–H and O–H groups in total. The van der Waals surface area contributed by atoms with Crippen LogP contribution in [0.4, 0.5) is 0 Å². The van der Waals surface area contributed by atoms with Crippen molar-refractivity contribution in [2.24, 2.45) is 17.8 Å². The molecule has 3 fully saturated rings. The Bertz CT molecular complexity index is 346. The van der Waals surface area contributed by atoms with E-state index in [9.17, 15) is 0 Å². The van der Waals surface area contributed by atoms with Crippen molar-refractivity contribution < 1.29 is 4.74 Å². The number of ether oxygens (including phenoxy) is 1. The third-order valence-corrected chi connectivity index (χ3v) is 6.96. The maximum Gasteiger partial charge on any atom is 0.0729 e. The summed E-state index contributed by atoms with van der Waals surface area (Å²) < 4.78 is 6.06. The Hall–Kier alpha value is -0.0800. The molecular formula is C23H45NO. The third kappa shape index (κ3) is 5.70. The maximum atomic E-state index is 6.06. The van der Waals surface area contributed by atoms with Gasteiger partial charge in [-0.15, -0.1) is 0 Å². The van der Waals surface area contributed by atoms with Crippen LogP contribution in [0.15, 0.2) is 0 Å². The van der Waals surface area contributed by atoms with Gasteiger partial charge >= 0.3 is 0 Å². The van der Waals surface area contributed by atoms with Gasteiger partial charge in [-0.25, -0.2) is 0 Å². The quantitative estimate of drug-likeness (QED) is 0.558. The Morgan fingerprint density at radius 1 is 0.840 bits per heavy atom. The minimum atomic E-state index is 0.482. The van der Waals surface area contributed by atoms with Gasteiger partial charge in [0.15, 0.2) is 0 Å². The van der Waals surface area contributed by atoms with Crippen molar-refractivity contribution in [3.8, 4) is 0 Å². The van der Waals surface area contributed by atoms with Gasteiger partial charge in [-0.3, -0.25) is 4.90 Å². The Morgan fingerprint density at radius 2 is 1.52 bits per heavy atom. The van der Waals surface area contributed by atoms with Crippen molar-refractivity contribution >= 4 is 0 Å². The van der Waals surface area contributed by atoms with Crippen molar-refractivity contribution in [3.63, 3.8) is 0 Å². The Balaban J connectivity index is 0.00000109. The smallest absolute Gasteiger partial charge is 0.0729 e. The van der Waals surface area contributed by atoms with Gasteiger partial charge in [0.25, 0.3) is 0 Å². The van der Waals surface area contributed by atoms with E-state index < -0.39 is 0 Å². The standard InChI is InChI=1S/C21H39NO.C2H6/c1-16(2)15-22(19-10-7-11-19)20-13-12-18(14-21(20)23-3)17-8-5-4-6-9-17;1-2/h16-21H,4-15H2,1-3H3;1-2H3. The van der Waals surface area contributed by atoms with Crippen LogP contribution in [-0.4, -0.2) is 36.7 Å². The molecule has 0 aromatic heterocycles. The van der Waals surface area contributed by atoms with Gasteiger partial charge in [-0.2, -0.15) is 0 Å². The molecule has 25 heavy (non-hydrogen) atoms. The maximum absolute atomic E-state index is 6.06. The fourth-order valence-electron chi connectivity index (χ4n) is 5.51. The van der Waals surface area contributed by atoms with Crippen molar-refractivity contribution in [2.75, 3.05) is 13.7 Å². The van der Waals surface area contributed by atoms with Crippen LogP contribution in [0.25, 0.3) is 0 Å². The second-order valence-corrected chi connectivity index (χ2v) is 8.99. The van der Waals surface area contributed by atoms with Gasteiger partial charge in [0.1, 0.15) is 0 Å². The van der Waals surface area contributed by atoms with E-state index in [1.165, 1.54) is 77.2 Å². The van der Waals surface area contributed by atoms with Gasteiger partial charge in [0, 0.05) is 25.7 Å². The van der Waals surface area contributed by atoms with Crippen LogP contribution in [0.2, 0.25) is 0 Å². The minimum absolute atomic E-state index is 0.482. The molecule has 0 aliphatic heterocycles. The van der Waals surface area contributed by atoms with Crippen LogP contribution >= 0.6 is 0 Å². The molecule has 3 atom stereocenters. The SMILES string of the molecule is CC.COC1CC(C2CCCCC2)CCC1N(CC(C)C)C1CCC1. The van der Waals surface area contributed by atoms with Gasteiger partial charge in [-0.05, 0) is 49.9 Å². The molecule has 3 aliphatic carbocycles. The lowest BCUT2D eigenvalue weighted by Crippen LogP contribution is -2.55. The van der Waals surface area contributed by atoms with Gasteiger partial charge in [0.05, 0.1) is 6.10 Å². The second kappa shape index (κ2) is 10.9. The van der Waals surface area contributed by atoms with E-state index in [1.54, 1.807) is 0 Å². The zero-order chi connectivity index (χ0) is 18.2. The van der Waals surface area contributed by atoms with Crippen LogP contribution < -0.4 is 0 Å². The first kappa shape index (κ1) is 21.2. The first-order chi connectivity index (χ1) is 12.2. The van der Waals surface area contributed by atoms with E-state index in [0.29, 0.717) is 12.1 Å². The Labute approximate surface area is 158 Å². The van der Waals surface area contributed by atoms with Crippen LogP contribution in [0.3, 0.4) is 0 Å². The molecule has 0 aromatic carbocycles. The normalized spacial score (nSPS) is 31.6. The lowest BCUT2D eigenvalue weighted by atomic mass is 9.70. The van der Waals surface area contributed by atoms with Crippen LogP contribution in [0.1, 0.15) is 98.3 Å². The molecule has 3 aliphatic rings. The van der Waals surface area contributed by atoms with Gasteiger partial charge in [0.2, 0.25) is 0 Å². The van der Waals surface area contributed by atoms with E-state index in [-0.39, 0.29) is 0 Å².